The highest BCUT2D eigenvalue weighted by Gasteiger charge is 2.52. The summed E-state index contributed by atoms with van der Waals surface area (Å²) in [5.74, 6) is 1.01. The smallest absolute Gasteiger partial charge is 0.0226 e. The van der Waals surface area contributed by atoms with Gasteiger partial charge in [-0.2, -0.15) is 0 Å². The molecule has 6 heteroatoms. The van der Waals surface area contributed by atoms with Crippen molar-refractivity contribution in [2.24, 2.45) is 23.3 Å². The number of rotatable bonds is 11. The van der Waals surface area contributed by atoms with Crippen LogP contribution in [0.4, 0.5) is 0 Å². The maximum Gasteiger partial charge on any atom is 0.0226 e. The molecule has 0 unspecified atom stereocenters. The first kappa shape index (κ1) is 28.0. The number of nitrogens with one attached hydrogen (secondary N) is 4. The molecule has 0 atom stereocenters. The standard InChI is InChI=1S/C26H56N6/c1-22(2)16-20(17-23(3,4)31-22)26(28,10-13-30-15-14-29-12-9-11-27)21-18-24(5,6)32-25(7,8)19-21/h20-21,29-32H,9-19,27-28H2,1-8H3. The van der Waals surface area contributed by atoms with Crippen molar-refractivity contribution in [3.8, 4) is 0 Å². The molecule has 2 rings (SSSR count). The zero-order chi connectivity index (χ0) is 24.3. The molecule has 2 aliphatic heterocycles. The second kappa shape index (κ2) is 10.6. The van der Waals surface area contributed by atoms with Crippen LogP contribution in [0.25, 0.3) is 0 Å². The summed E-state index contributed by atoms with van der Waals surface area (Å²) in [6, 6.07) is 0. The molecule has 0 aromatic rings. The maximum atomic E-state index is 7.59. The second-order valence-electron chi connectivity index (χ2n) is 13.5. The highest BCUT2D eigenvalue weighted by molar-refractivity contribution is 5.11. The van der Waals surface area contributed by atoms with Crippen LogP contribution in [-0.4, -0.2) is 60.4 Å². The Morgan fingerprint density at radius 2 is 1.06 bits per heavy atom. The zero-order valence-corrected chi connectivity index (χ0v) is 22.6. The third-order valence-corrected chi connectivity index (χ3v) is 7.67. The van der Waals surface area contributed by atoms with Crippen LogP contribution in [0.3, 0.4) is 0 Å². The fourth-order valence-electron chi connectivity index (χ4n) is 7.10. The molecule has 6 nitrogen and oxygen atoms in total. The Bertz CT molecular complexity index is 513. The fourth-order valence-corrected chi connectivity index (χ4v) is 7.10. The van der Waals surface area contributed by atoms with Crippen LogP contribution in [-0.2, 0) is 0 Å². The minimum atomic E-state index is -0.173. The lowest BCUT2D eigenvalue weighted by Gasteiger charge is -2.58. The SMILES string of the molecule is CC1(C)CC(C(N)(CCNCCNCCCN)C2CC(C)(C)NC(C)(C)C2)CC(C)(C)N1. The van der Waals surface area contributed by atoms with Gasteiger partial charge in [0.15, 0.2) is 0 Å². The summed E-state index contributed by atoms with van der Waals surface area (Å²) in [5, 5.41) is 14.9. The van der Waals surface area contributed by atoms with Crippen LogP contribution >= 0.6 is 0 Å². The van der Waals surface area contributed by atoms with Gasteiger partial charge in [0.2, 0.25) is 0 Å². The molecule has 8 N–H and O–H groups in total. The van der Waals surface area contributed by atoms with E-state index in [1.165, 1.54) is 0 Å². The molecule has 2 heterocycles. The van der Waals surface area contributed by atoms with E-state index in [9.17, 15) is 0 Å². The van der Waals surface area contributed by atoms with E-state index >= 15 is 0 Å². The summed E-state index contributed by atoms with van der Waals surface area (Å²) in [7, 11) is 0. The fraction of sp³-hybridized carbons (Fsp3) is 1.00. The van der Waals surface area contributed by atoms with E-state index in [-0.39, 0.29) is 27.7 Å². The Morgan fingerprint density at radius 3 is 1.44 bits per heavy atom. The minimum Gasteiger partial charge on any atom is -0.330 e. The molecule has 0 aromatic carbocycles. The highest BCUT2D eigenvalue weighted by atomic mass is 15.1. The van der Waals surface area contributed by atoms with Gasteiger partial charge in [0.05, 0.1) is 0 Å². The molecule has 32 heavy (non-hydrogen) atoms. The van der Waals surface area contributed by atoms with Gasteiger partial charge in [0.25, 0.3) is 0 Å². The number of nitrogens with two attached hydrogens (primary N) is 2. The Hall–Kier alpha value is -0.240. The first-order valence-electron chi connectivity index (χ1n) is 13.1. The predicted octanol–water partition coefficient (Wildman–Crippen LogP) is 2.72. The van der Waals surface area contributed by atoms with Gasteiger partial charge in [-0.15, -0.1) is 0 Å². The quantitative estimate of drug-likeness (QED) is 0.270. The van der Waals surface area contributed by atoms with E-state index in [0.29, 0.717) is 11.8 Å². The van der Waals surface area contributed by atoms with Crippen molar-refractivity contribution in [2.45, 2.75) is 122 Å². The zero-order valence-electron chi connectivity index (χ0n) is 22.6. The molecule has 0 bridgehead atoms. The summed E-state index contributed by atoms with van der Waals surface area (Å²) in [6.07, 6.45) is 6.62. The van der Waals surface area contributed by atoms with Crippen LogP contribution in [0.2, 0.25) is 0 Å². The van der Waals surface area contributed by atoms with E-state index in [1.807, 2.05) is 0 Å². The van der Waals surface area contributed by atoms with Gasteiger partial charge >= 0.3 is 0 Å². The van der Waals surface area contributed by atoms with Gasteiger partial charge in [-0.05, 0) is 125 Å². The van der Waals surface area contributed by atoms with Gasteiger partial charge in [-0.25, -0.2) is 0 Å². The van der Waals surface area contributed by atoms with Crippen molar-refractivity contribution in [1.29, 1.82) is 0 Å². The van der Waals surface area contributed by atoms with Crippen LogP contribution in [0.1, 0.15) is 93.9 Å². The molecule has 0 saturated carbocycles. The summed E-state index contributed by atoms with van der Waals surface area (Å²) in [4.78, 5) is 0. The molecule has 2 aliphatic rings. The van der Waals surface area contributed by atoms with E-state index in [4.69, 9.17) is 11.5 Å². The number of hydrogen-bond donors (Lipinski definition) is 6. The molecule has 0 spiro atoms. The Labute approximate surface area is 199 Å². The molecule has 0 aliphatic carbocycles. The van der Waals surface area contributed by atoms with Gasteiger partial charge in [0, 0.05) is 40.8 Å². The molecule has 190 valence electrons. The summed E-state index contributed by atoms with van der Waals surface area (Å²) >= 11 is 0. The minimum absolute atomic E-state index is 0.106. The average Bonchev–Trinajstić information content (AvgIpc) is 2.58. The number of hydrogen-bond acceptors (Lipinski definition) is 6. The van der Waals surface area contributed by atoms with Crippen molar-refractivity contribution in [1.82, 2.24) is 21.3 Å². The summed E-state index contributed by atoms with van der Waals surface area (Å²) < 4.78 is 0. The third kappa shape index (κ3) is 8.21. The van der Waals surface area contributed by atoms with Crippen molar-refractivity contribution in [3.63, 3.8) is 0 Å². The van der Waals surface area contributed by atoms with Crippen molar-refractivity contribution < 1.29 is 0 Å². The Balaban J connectivity index is 2.15. The molecular formula is C26H56N6. The van der Waals surface area contributed by atoms with Gasteiger partial charge < -0.3 is 32.7 Å². The monoisotopic (exact) mass is 452 g/mol. The van der Waals surface area contributed by atoms with Crippen LogP contribution in [0.5, 0.6) is 0 Å². The molecule has 0 aromatic heterocycles. The Morgan fingerprint density at radius 1 is 0.688 bits per heavy atom. The lowest BCUT2D eigenvalue weighted by Crippen LogP contribution is -2.69. The van der Waals surface area contributed by atoms with Crippen molar-refractivity contribution >= 4 is 0 Å². The molecule has 2 fully saturated rings. The van der Waals surface area contributed by atoms with Gasteiger partial charge in [-0.1, -0.05) is 0 Å². The van der Waals surface area contributed by atoms with Crippen LogP contribution < -0.4 is 32.7 Å². The number of piperidine rings is 2. The predicted molar refractivity (Wildman–Crippen MR) is 139 cm³/mol. The van der Waals surface area contributed by atoms with Gasteiger partial charge in [0.1, 0.15) is 0 Å². The summed E-state index contributed by atoms with van der Waals surface area (Å²) in [6.45, 7) is 23.5. The summed E-state index contributed by atoms with van der Waals surface area (Å²) in [5.41, 5.74) is 13.4. The lowest BCUT2D eigenvalue weighted by atomic mass is 9.58. The van der Waals surface area contributed by atoms with E-state index in [2.05, 4.69) is 76.7 Å². The van der Waals surface area contributed by atoms with Crippen molar-refractivity contribution in [3.05, 3.63) is 0 Å². The lowest BCUT2D eigenvalue weighted by molar-refractivity contribution is 0.00205. The van der Waals surface area contributed by atoms with E-state index in [1.54, 1.807) is 0 Å². The topological polar surface area (TPSA) is 100 Å². The van der Waals surface area contributed by atoms with Crippen LogP contribution in [0.15, 0.2) is 0 Å². The normalized spacial score (nSPS) is 25.7. The highest BCUT2D eigenvalue weighted by Crippen LogP contribution is 2.47. The first-order chi connectivity index (χ1) is 14.6. The largest absolute Gasteiger partial charge is 0.330 e. The maximum absolute atomic E-state index is 7.59. The van der Waals surface area contributed by atoms with Crippen LogP contribution in [0, 0.1) is 11.8 Å². The molecule has 0 radical (unpaired) electrons. The molecular weight excluding hydrogens is 396 g/mol. The second-order valence-corrected chi connectivity index (χ2v) is 13.5. The van der Waals surface area contributed by atoms with E-state index in [0.717, 1.165) is 71.2 Å². The van der Waals surface area contributed by atoms with Gasteiger partial charge in [-0.3, -0.25) is 0 Å². The third-order valence-electron chi connectivity index (χ3n) is 7.67. The Kier molecular flexibility index (Phi) is 9.25. The molecule has 0 amide bonds. The first-order valence-corrected chi connectivity index (χ1v) is 13.1. The average molecular weight is 453 g/mol. The van der Waals surface area contributed by atoms with Crippen molar-refractivity contribution in [2.75, 3.05) is 32.7 Å². The van der Waals surface area contributed by atoms with E-state index < -0.39 is 0 Å². The molecule has 2 saturated heterocycles.